The Balaban J connectivity index is 1.94. The topological polar surface area (TPSA) is 81.4 Å². The Bertz CT molecular complexity index is 748. The van der Waals surface area contributed by atoms with Gasteiger partial charge in [0, 0.05) is 5.69 Å². The van der Waals surface area contributed by atoms with E-state index in [4.69, 9.17) is 45.3 Å². The van der Waals surface area contributed by atoms with Crippen molar-refractivity contribution in [1.82, 2.24) is 0 Å². The number of nitrogen functional groups attached to an aromatic ring is 1. The molecule has 0 aliphatic carbocycles. The molecule has 0 unspecified atom stereocenters. The Hall–Kier alpha value is -1.95. The highest BCUT2D eigenvalue weighted by molar-refractivity contribution is 6.44. The molecule has 23 heavy (non-hydrogen) atoms. The normalized spacial score (nSPS) is 10.2. The molecule has 1 amide bonds. The molecule has 2 rings (SSSR count). The van der Waals surface area contributed by atoms with Crippen LogP contribution < -0.4 is 11.1 Å². The maximum absolute atomic E-state index is 11.8. The Morgan fingerprint density at radius 1 is 1.00 bits per heavy atom. The van der Waals surface area contributed by atoms with Crippen LogP contribution in [-0.2, 0) is 9.53 Å². The van der Waals surface area contributed by atoms with E-state index in [0.717, 1.165) is 0 Å². The first kappa shape index (κ1) is 17.4. The van der Waals surface area contributed by atoms with Crippen LogP contribution in [0.25, 0.3) is 0 Å². The summed E-state index contributed by atoms with van der Waals surface area (Å²) in [6.07, 6.45) is 0. The number of anilines is 2. The van der Waals surface area contributed by atoms with Crippen LogP contribution in [0.1, 0.15) is 10.4 Å². The third kappa shape index (κ3) is 4.76. The number of rotatable bonds is 4. The van der Waals surface area contributed by atoms with Crippen LogP contribution in [0.5, 0.6) is 0 Å². The zero-order valence-corrected chi connectivity index (χ0v) is 13.9. The molecule has 2 aromatic rings. The molecule has 8 heteroatoms. The van der Waals surface area contributed by atoms with Gasteiger partial charge in [-0.05, 0) is 36.4 Å². The maximum Gasteiger partial charge on any atom is 0.338 e. The van der Waals surface area contributed by atoms with Gasteiger partial charge in [0.25, 0.3) is 5.91 Å². The minimum Gasteiger partial charge on any atom is -0.452 e. The van der Waals surface area contributed by atoms with Crippen molar-refractivity contribution in [3.8, 4) is 0 Å². The van der Waals surface area contributed by atoms with E-state index in [1.165, 1.54) is 24.3 Å². The molecule has 3 N–H and O–H groups in total. The second kappa shape index (κ2) is 7.55. The Labute approximate surface area is 147 Å². The van der Waals surface area contributed by atoms with E-state index in [2.05, 4.69) is 5.32 Å². The lowest BCUT2D eigenvalue weighted by Gasteiger charge is -2.09. The zero-order valence-electron chi connectivity index (χ0n) is 11.6. The number of amides is 1. The van der Waals surface area contributed by atoms with Gasteiger partial charge < -0.3 is 15.8 Å². The summed E-state index contributed by atoms with van der Waals surface area (Å²) in [5.74, 6) is -1.20. The van der Waals surface area contributed by atoms with Crippen LogP contribution in [0.15, 0.2) is 36.4 Å². The molecule has 0 spiro atoms. The maximum atomic E-state index is 11.8. The molecule has 2 aromatic carbocycles. The number of esters is 1. The molecule has 5 nitrogen and oxygen atoms in total. The summed E-state index contributed by atoms with van der Waals surface area (Å²) in [6, 6.07) is 8.95. The Morgan fingerprint density at radius 2 is 1.61 bits per heavy atom. The fraction of sp³-hybridized carbons (Fsp3) is 0.0667. The lowest BCUT2D eigenvalue weighted by atomic mass is 10.2. The number of nitrogens with two attached hydrogens (primary N) is 1. The van der Waals surface area contributed by atoms with E-state index in [1.54, 1.807) is 12.1 Å². The average molecular weight is 374 g/mol. The second-order valence-corrected chi connectivity index (χ2v) is 5.71. The zero-order chi connectivity index (χ0) is 17.0. The van der Waals surface area contributed by atoms with Gasteiger partial charge in [-0.2, -0.15) is 0 Å². The van der Waals surface area contributed by atoms with Gasteiger partial charge in [0.05, 0.1) is 26.3 Å². The van der Waals surface area contributed by atoms with Crippen molar-refractivity contribution in [2.24, 2.45) is 0 Å². The predicted octanol–water partition coefficient (Wildman–Crippen LogP) is 4.02. The van der Waals surface area contributed by atoms with Crippen LogP contribution >= 0.6 is 34.8 Å². The molecular weight excluding hydrogens is 363 g/mol. The molecule has 120 valence electrons. The van der Waals surface area contributed by atoms with Gasteiger partial charge in [-0.1, -0.05) is 34.8 Å². The molecule has 0 atom stereocenters. The number of carbonyl (C=O) groups excluding carboxylic acids is 2. The first-order valence-corrected chi connectivity index (χ1v) is 7.47. The number of benzene rings is 2. The van der Waals surface area contributed by atoms with E-state index in [1.807, 2.05) is 0 Å². The quantitative estimate of drug-likeness (QED) is 0.482. The monoisotopic (exact) mass is 372 g/mol. The van der Waals surface area contributed by atoms with Gasteiger partial charge >= 0.3 is 5.97 Å². The average Bonchev–Trinajstić information content (AvgIpc) is 2.51. The Morgan fingerprint density at radius 3 is 2.26 bits per heavy atom. The Kier molecular flexibility index (Phi) is 5.71. The van der Waals surface area contributed by atoms with Gasteiger partial charge in [-0.3, -0.25) is 4.79 Å². The minimum absolute atomic E-state index is 0.220. The second-order valence-electron chi connectivity index (χ2n) is 4.49. The fourth-order valence-electron chi connectivity index (χ4n) is 1.64. The smallest absolute Gasteiger partial charge is 0.338 e. The summed E-state index contributed by atoms with van der Waals surface area (Å²) in [7, 11) is 0. The molecule has 0 aromatic heterocycles. The summed E-state index contributed by atoms with van der Waals surface area (Å²) < 4.78 is 4.90. The van der Waals surface area contributed by atoms with Crippen molar-refractivity contribution in [3.05, 3.63) is 57.0 Å². The number of nitrogens with one attached hydrogen (secondary N) is 1. The van der Waals surface area contributed by atoms with E-state index in [9.17, 15) is 9.59 Å². The van der Waals surface area contributed by atoms with Gasteiger partial charge in [0.2, 0.25) is 0 Å². The molecule has 0 saturated heterocycles. The van der Waals surface area contributed by atoms with Gasteiger partial charge in [0.15, 0.2) is 6.61 Å². The highest BCUT2D eigenvalue weighted by Gasteiger charge is 2.12. The van der Waals surface area contributed by atoms with Gasteiger partial charge in [-0.15, -0.1) is 0 Å². The van der Waals surface area contributed by atoms with Crippen molar-refractivity contribution >= 4 is 58.1 Å². The first-order chi connectivity index (χ1) is 10.9. The van der Waals surface area contributed by atoms with Gasteiger partial charge in [-0.25, -0.2) is 4.79 Å². The molecule has 0 saturated carbocycles. The van der Waals surface area contributed by atoms with Crippen molar-refractivity contribution in [1.29, 1.82) is 0 Å². The predicted molar refractivity (Wildman–Crippen MR) is 91.2 cm³/mol. The molecule has 0 aliphatic heterocycles. The lowest BCUT2D eigenvalue weighted by molar-refractivity contribution is -0.119. The first-order valence-electron chi connectivity index (χ1n) is 6.34. The number of hydrogen-bond donors (Lipinski definition) is 2. The van der Waals surface area contributed by atoms with Crippen molar-refractivity contribution < 1.29 is 14.3 Å². The van der Waals surface area contributed by atoms with Crippen LogP contribution in [0.4, 0.5) is 11.4 Å². The van der Waals surface area contributed by atoms with Crippen LogP contribution in [0.3, 0.4) is 0 Å². The summed E-state index contributed by atoms with van der Waals surface area (Å²) in [5.41, 5.74) is 6.61. The third-order valence-electron chi connectivity index (χ3n) is 2.76. The van der Waals surface area contributed by atoms with Crippen molar-refractivity contribution in [2.75, 3.05) is 17.7 Å². The molecule has 0 fully saturated rings. The molecule has 0 bridgehead atoms. The SMILES string of the molecule is Nc1ccc(C(=O)OCC(=O)Nc2cc(Cl)c(Cl)cc2Cl)cc1. The summed E-state index contributed by atoms with van der Waals surface area (Å²) in [5, 5.41) is 3.21. The minimum atomic E-state index is -0.639. The molecule has 0 aliphatic rings. The largest absolute Gasteiger partial charge is 0.452 e. The molecule has 0 radical (unpaired) electrons. The third-order valence-corrected chi connectivity index (χ3v) is 3.80. The number of halogens is 3. The summed E-state index contributed by atoms with van der Waals surface area (Å²) in [6.45, 7) is -0.472. The lowest BCUT2D eigenvalue weighted by Crippen LogP contribution is -2.21. The van der Waals surface area contributed by atoms with E-state index >= 15 is 0 Å². The van der Waals surface area contributed by atoms with Crippen molar-refractivity contribution in [2.45, 2.75) is 0 Å². The number of ether oxygens (including phenoxy) is 1. The van der Waals surface area contributed by atoms with E-state index in [0.29, 0.717) is 11.3 Å². The van der Waals surface area contributed by atoms with Crippen LogP contribution in [0, 0.1) is 0 Å². The summed E-state index contributed by atoms with van der Waals surface area (Å²) >= 11 is 17.6. The van der Waals surface area contributed by atoms with Crippen molar-refractivity contribution in [3.63, 3.8) is 0 Å². The van der Waals surface area contributed by atoms with Gasteiger partial charge in [0.1, 0.15) is 0 Å². The summed E-state index contributed by atoms with van der Waals surface area (Å²) in [4.78, 5) is 23.6. The number of hydrogen-bond acceptors (Lipinski definition) is 4. The highest BCUT2D eigenvalue weighted by Crippen LogP contribution is 2.32. The highest BCUT2D eigenvalue weighted by atomic mass is 35.5. The molecule has 0 heterocycles. The van der Waals surface area contributed by atoms with Crippen LogP contribution in [0.2, 0.25) is 15.1 Å². The number of carbonyl (C=O) groups is 2. The van der Waals surface area contributed by atoms with E-state index < -0.39 is 18.5 Å². The fourth-order valence-corrected chi connectivity index (χ4v) is 2.23. The molecular formula is C15H11Cl3N2O3. The standard InChI is InChI=1S/C15H11Cl3N2O3/c16-10-5-12(18)13(6-11(10)17)20-14(21)7-23-15(22)8-1-3-9(19)4-2-8/h1-6H,7,19H2,(H,20,21). The van der Waals surface area contributed by atoms with E-state index in [-0.39, 0.29) is 20.8 Å². The van der Waals surface area contributed by atoms with Crippen LogP contribution in [-0.4, -0.2) is 18.5 Å².